The van der Waals surface area contributed by atoms with E-state index in [1.54, 1.807) is 36.4 Å². The molecule has 0 spiro atoms. The lowest BCUT2D eigenvalue weighted by Gasteiger charge is -2.17. The summed E-state index contributed by atoms with van der Waals surface area (Å²) in [4.78, 5) is 24.8. The number of benzene rings is 3. The summed E-state index contributed by atoms with van der Waals surface area (Å²) >= 11 is 0. The molecule has 3 aromatic rings. The molecule has 35 heavy (non-hydrogen) atoms. The third kappa shape index (κ3) is 7.91. The van der Waals surface area contributed by atoms with Crippen LogP contribution < -0.4 is 14.2 Å². The molecule has 3 aromatic carbocycles. The fourth-order valence-corrected chi connectivity index (χ4v) is 3.16. The second-order valence-electron chi connectivity index (χ2n) is 8.93. The zero-order valence-corrected chi connectivity index (χ0v) is 20.6. The fraction of sp³-hybridized carbons (Fsp3) is 0.357. The summed E-state index contributed by atoms with van der Waals surface area (Å²) in [6.07, 6.45) is -0.211. The number of hydrogen-bond acceptors (Lipinski definition) is 7. The molecular formula is C28H32O7. The van der Waals surface area contributed by atoms with Crippen molar-refractivity contribution >= 4 is 23.1 Å². The van der Waals surface area contributed by atoms with Gasteiger partial charge in [0.2, 0.25) is 0 Å². The van der Waals surface area contributed by atoms with Crippen molar-refractivity contribution in [2.45, 2.75) is 40.5 Å². The Morgan fingerprint density at radius 2 is 1.23 bits per heavy atom. The van der Waals surface area contributed by atoms with E-state index < -0.39 is 12.3 Å². The van der Waals surface area contributed by atoms with Gasteiger partial charge in [0, 0.05) is 16.8 Å². The van der Waals surface area contributed by atoms with Gasteiger partial charge in [0.1, 0.15) is 11.5 Å². The largest absolute Gasteiger partial charge is 0.513 e. The lowest BCUT2D eigenvalue weighted by molar-refractivity contribution is 0.0926. The van der Waals surface area contributed by atoms with Crippen LogP contribution in [0.25, 0.3) is 10.8 Å². The average molecular weight is 481 g/mol. The molecule has 0 radical (unpaired) electrons. The predicted octanol–water partition coefficient (Wildman–Crippen LogP) is 7.76. The standard InChI is InChI=1S/C28H32O7/c1-19(2)14-16-31-27(29)34-24-18-25(33-21-10-6-5-7-11-21)26(23-13-9-8-12-22(23)24)35-28(30)32-17-15-20(3)4/h5-13,18-20H,14-17H2,1-4H3. The minimum atomic E-state index is -0.838. The topological polar surface area (TPSA) is 80.3 Å². The Hall–Kier alpha value is -3.74. The normalized spacial score (nSPS) is 10.9. The zero-order chi connectivity index (χ0) is 25.2. The van der Waals surface area contributed by atoms with Gasteiger partial charge in [0.05, 0.1) is 13.2 Å². The van der Waals surface area contributed by atoms with Crippen LogP contribution in [0.15, 0.2) is 60.7 Å². The van der Waals surface area contributed by atoms with Gasteiger partial charge in [0.25, 0.3) is 0 Å². The van der Waals surface area contributed by atoms with Crippen molar-refractivity contribution in [1.29, 1.82) is 0 Å². The molecule has 0 atom stereocenters. The first-order chi connectivity index (χ1) is 16.8. The van der Waals surface area contributed by atoms with Crippen LogP contribution in [0.2, 0.25) is 0 Å². The third-order valence-corrected chi connectivity index (χ3v) is 5.10. The Bertz CT molecular complexity index is 1120. The molecule has 7 heteroatoms. The molecule has 0 saturated heterocycles. The highest BCUT2D eigenvalue weighted by Gasteiger charge is 2.21. The molecule has 0 heterocycles. The summed E-state index contributed by atoms with van der Waals surface area (Å²) in [6.45, 7) is 8.67. The maximum Gasteiger partial charge on any atom is 0.513 e. The van der Waals surface area contributed by atoms with Crippen molar-refractivity contribution in [3.05, 3.63) is 60.7 Å². The van der Waals surface area contributed by atoms with Gasteiger partial charge in [-0.05, 0) is 36.8 Å². The highest BCUT2D eigenvalue weighted by molar-refractivity contribution is 5.97. The summed E-state index contributed by atoms with van der Waals surface area (Å²) in [5, 5.41) is 1.07. The SMILES string of the molecule is CC(C)CCOC(=O)Oc1cc(Oc2ccccc2)c(OC(=O)OCCC(C)C)c2ccccc12. The Labute approximate surface area is 205 Å². The van der Waals surface area contributed by atoms with Crippen molar-refractivity contribution in [3.8, 4) is 23.0 Å². The maximum atomic E-state index is 12.5. The quantitative estimate of drug-likeness (QED) is 0.217. The fourth-order valence-electron chi connectivity index (χ4n) is 3.16. The highest BCUT2D eigenvalue weighted by Crippen LogP contribution is 2.43. The van der Waals surface area contributed by atoms with Gasteiger partial charge < -0.3 is 23.7 Å². The lowest BCUT2D eigenvalue weighted by atomic mass is 10.1. The summed E-state index contributed by atoms with van der Waals surface area (Å²) in [6, 6.07) is 17.6. The number of para-hydroxylation sites is 1. The molecular weight excluding hydrogens is 448 g/mol. The van der Waals surface area contributed by atoms with Crippen LogP contribution in [-0.4, -0.2) is 25.5 Å². The molecule has 0 aliphatic carbocycles. The van der Waals surface area contributed by atoms with E-state index >= 15 is 0 Å². The monoisotopic (exact) mass is 480 g/mol. The molecule has 0 amide bonds. The van der Waals surface area contributed by atoms with Gasteiger partial charge in [-0.1, -0.05) is 70.2 Å². The van der Waals surface area contributed by atoms with E-state index in [2.05, 4.69) is 0 Å². The van der Waals surface area contributed by atoms with E-state index in [0.29, 0.717) is 28.4 Å². The van der Waals surface area contributed by atoms with Gasteiger partial charge in [0.15, 0.2) is 11.5 Å². The molecule has 0 aliphatic rings. The molecule has 0 bridgehead atoms. The van der Waals surface area contributed by atoms with Crippen molar-refractivity contribution in [1.82, 2.24) is 0 Å². The van der Waals surface area contributed by atoms with Gasteiger partial charge in [-0.15, -0.1) is 0 Å². The van der Waals surface area contributed by atoms with Gasteiger partial charge >= 0.3 is 12.3 Å². The van der Waals surface area contributed by atoms with Crippen molar-refractivity contribution < 1.29 is 33.3 Å². The minimum absolute atomic E-state index is 0.166. The minimum Gasteiger partial charge on any atom is -0.453 e. The maximum absolute atomic E-state index is 12.5. The van der Waals surface area contributed by atoms with Crippen molar-refractivity contribution in [2.75, 3.05) is 13.2 Å². The zero-order valence-electron chi connectivity index (χ0n) is 20.6. The van der Waals surface area contributed by atoms with Crippen LogP contribution >= 0.6 is 0 Å². The van der Waals surface area contributed by atoms with E-state index in [9.17, 15) is 9.59 Å². The second kappa shape index (κ2) is 12.6. The Morgan fingerprint density at radius 1 is 0.686 bits per heavy atom. The molecule has 186 valence electrons. The van der Waals surface area contributed by atoms with Gasteiger partial charge in [-0.2, -0.15) is 0 Å². The number of rotatable bonds is 10. The molecule has 0 unspecified atom stereocenters. The van der Waals surface area contributed by atoms with E-state index in [-0.39, 0.29) is 30.5 Å². The number of carbonyl (C=O) groups is 2. The van der Waals surface area contributed by atoms with Crippen molar-refractivity contribution in [3.63, 3.8) is 0 Å². The first-order valence-corrected chi connectivity index (χ1v) is 11.8. The molecule has 3 rings (SSSR count). The molecule has 0 saturated carbocycles. The molecule has 0 fully saturated rings. The number of ether oxygens (including phenoxy) is 5. The molecule has 0 aliphatic heterocycles. The van der Waals surface area contributed by atoms with Gasteiger partial charge in [-0.3, -0.25) is 0 Å². The van der Waals surface area contributed by atoms with Crippen LogP contribution in [0, 0.1) is 11.8 Å². The van der Waals surface area contributed by atoms with E-state index in [1.807, 2.05) is 45.9 Å². The van der Waals surface area contributed by atoms with Crippen LogP contribution in [0.4, 0.5) is 9.59 Å². The first-order valence-electron chi connectivity index (χ1n) is 11.8. The van der Waals surface area contributed by atoms with E-state index in [1.165, 1.54) is 6.07 Å². The number of carbonyl (C=O) groups excluding carboxylic acids is 2. The predicted molar refractivity (Wildman–Crippen MR) is 133 cm³/mol. The number of hydrogen-bond donors (Lipinski definition) is 0. The molecule has 0 aromatic heterocycles. The summed E-state index contributed by atoms with van der Waals surface area (Å²) in [7, 11) is 0. The van der Waals surface area contributed by atoms with Crippen LogP contribution in [0.3, 0.4) is 0 Å². The highest BCUT2D eigenvalue weighted by atomic mass is 16.7. The smallest absolute Gasteiger partial charge is 0.453 e. The van der Waals surface area contributed by atoms with E-state index in [4.69, 9.17) is 23.7 Å². The van der Waals surface area contributed by atoms with Gasteiger partial charge in [-0.25, -0.2) is 9.59 Å². The van der Waals surface area contributed by atoms with Crippen molar-refractivity contribution in [2.24, 2.45) is 11.8 Å². The lowest BCUT2D eigenvalue weighted by Crippen LogP contribution is -2.14. The Kier molecular flexibility index (Phi) is 9.35. The second-order valence-corrected chi connectivity index (χ2v) is 8.93. The summed E-state index contributed by atoms with van der Waals surface area (Å²) in [5.74, 6) is 1.89. The molecule has 0 N–H and O–H groups in total. The number of fused-ring (bicyclic) bond motifs is 1. The Morgan fingerprint density at radius 3 is 1.83 bits per heavy atom. The van der Waals surface area contributed by atoms with Crippen LogP contribution in [0.5, 0.6) is 23.0 Å². The van der Waals surface area contributed by atoms with Crippen LogP contribution in [0.1, 0.15) is 40.5 Å². The summed E-state index contributed by atoms with van der Waals surface area (Å²) < 4.78 is 27.6. The Balaban J connectivity index is 1.94. The summed E-state index contributed by atoms with van der Waals surface area (Å²) in [5.41, 5.74) is 0. The molecule has 7 nitrogen and oxygen atoms in total. The third-order valence-electron chi connectivity index (χ3n) is 5.10. The van der Waals surface area contributed by atoms with E-state index in [0.717, 1.165) is 12.8 Å². The first kappa shape index (κ1) is 25.9. The van der Waals surface area contributed by atoms with Crippen LogP contribution in [-0.2, 0) is 9.47 Å². The average Bonchev–Trinajstić information content (AvgIpc) is 2.81.